The van der Waals surface area contributed by atoms with Crippen LogP contribution in [0, 0.1) is 10.1 Å². The van der Waals surface area contributed by atoms with Crippen molar-refractivity contribution in [2.24, 2.45) is 0 Å². The second kappa shape index (κ2) is 5.23. The number of non-ortho nitro benzene ring substituents is 1. The van der Waals surface area contributed by atoms with E-state index in [4.69, 9.17) is 11.6 Å². The average molecular weight is 293 g/mol. The molecule has 0 N–H and O–H groups in total. The molecule has 0 fully saturated rings. The lowest BCUT2D eigenvalue weighted by molar-refractivity contribution is -0.385. The predicted octanol–water partition coefficient (Wildman–Crippen LogP) is 2.71. The van der Waals surface area contributed by atoms with Gasteiger partial charge in [0.25, 0.3) is 5.69 Å². The Balaban J connectivity index is 2.98. The Kier molecular flexibility index (Phi) is 4.23. The van der Waals surface area contributed by atoms with Gasteiger partial charge < -0.3 is 0 Å². The Bertz CT molecular complexity index is 408. The fourth-order valence-electron chi connectivity index (χ4n) is 1.12. The van der Waals surface area contributed by atoms with E-state index < -0.39 is 4.92 Å². The lowest BCUT2D eigenvalue weighted by Gasteiger charge is -2.00. The highest BCUT2D eigenvalue weighted by molar-refractivity contribution is 9.10. The van der Waals surface area contributed by atoms with Crippen molar-refractivity contribution in [3.8, 4) is 0 Å². The first kappa shape index (κ1) is 12.1. The molecule has 15 heavy (non-hydrogen) atoms. The van der Waals surface area contributed by atoms with E-state index in [2.05, 4.69) is 15.9 Å². The molecule has 80 valence electrons. The first-order valence-corrected chi connectivity index (χ1v) is 5.37. The highest BCUT2D eigenvalue weighted by atomic mass is 79.9. The maximum atomic E-state index is 11.1. The number of hydrogen-bond acceptors (Lipinski definition) is 3. The van der Waals surface area contributed by atoms with Gasteiger partial charge in [0.1, 0.15) is 0 Å². The average Bonchev–Trinajstić information content (AvgIpc) is 2.16. The Morgan fingerprint density at radius 1 is 1.47 bits per heavy atom. The van der Waals surface area contributed by atoms with E-state index in [1.54, 1.807) is 6.07 Å². The molecule has 0 aliphatic rings. The van der Waals surface area contributed by atoms with Gasteiger partial charge in [-0.15, -0.1) is 11.6 Å². The molecule has 0 spiro atoms. The molecular weight excluding hydrogens is 285 g/mol. The quantitative estimate of drug-likeness (QED) is 0.487. The van der Waals surface area contributed by atoms with Crippen LogP contribution in [-0.4, -0.2) is 16.6 Å². The summed E-state index contributed by atoms with van der Waals surface area (Å²) in [6.07, 6.45) is 0.115. The minimum Gasteiger partial charge on any atom is -0.298 e. The smallest absolute Gasteiger partial charge is 0.270 e. The Hall–Kier alpha value is -0.940. The van der Waals surface area contributed by atoms with Gasteiger partial charge in [-0.2, -0.15) is 0 Å². The van der Waals surface area contributed by atoms with Crippen LogP contribution in [0.25, 0.3) is 0 Å². The summed E-state index contributed by atoms with van der Waals surface area (Å²) < 4.78 is 0.578. The second-order valence-electron chi connectivity index (χ2n) is 2.92. The normalized spacial score (nSPS) is 10.0. The zero-order valence-electron chi connectivity index (χ0n) is 7.57. The number of halogens is 2. The van der Waals surface area contributed by atoms with Gasteiger partial charge in [-0.05, 0) is 11.6 Å². The predicted molar refractivity (Wildman–Crippen MR) is 60.2 cm³/mol. The van der Waals surface area contributed by atoms with E-state index in [0.29, 0.717) is 10.0 Å². The molecule has 0 saturated carbocycles. The van der Waals surface area contributed by atoms with Gasteiger partial charge >= 0.3 is 0 Å². The van der Waals surface area contributed by atoms with E-state index in [1.165, 1.54) is 12.1 Å². The fourth-order valence-corrected chi connectivity index (χ4v) is 1.74. The number of alkyl halides is 1. The minimum absolute atomic E-state index is 0.0400. The Morgan fingerprint density at radius 2 is 2.13 bits per heavy atom. The summed E-state index contributed by atoms with van der Waals surface area (Å²) in [6.45, 7) is 0. The summed E-state index contributed by atoms with van der Waals surface area (Å²) >= 11 is 8.49. The maximum absolute atomic E-state index is 11.1. The number of nitrogens with zero attached hydrogens (tertiary/aromatic N) is 1. The topological polar surface area (TPSA) is 60.2 Å². The summed E-state index contributed by atoms with van der Waals surface area (Å²) in [5.41, 5.74) is 0.545. The summed E-state index contributed by atoms with van der Waals surface area (Å²) in [5.74, 6) is -0.246. The number of benzene rings is 1. The largest absolute Gasteiger partial charge is 0.298 e. The Morgan fingerprint density at radius 3 is 2.67 bits per heavy atom. The first-order chi connectivity index (χ1) is 7.02. The van der Waals surface area contributed by atoms with E-state index in [0.717, 1.165) is 0 Å². The van der Waals surface area contributed by atoms with Crippen LogP contribution >= 0.6 is 27.5 Å². The summed E-state index contributed by atoms with van der Waals surface area (Å²) in [7, 11) is 0. The van der Waals surface area contributed by atoms with Gasteiger partial charge in [0.05, 0.1) is 10.8 Å². The van der Waals surface area contributed by atoms with Crippen molar-refractivity contribution >= 4 is 39.0 Å². The van der Waals surface area contributed by atoms with Crippen molar-refractivity contribution in [3.63, 3.8) is 0 Å². The molecule has 0 aliphatic carbocycles. The van der Waals surface area contributed by atoms with Crippen molar-refractivity contribution in [2.75, 3.05) is 5.88 Å². The fraction of sp³-hybridized carbons (Fsp3) is 0.222. The van der Waals surface area contributed by atoms with Gasteiger partial charge in [-0.3, -0.25) is 14.9 Å². The van der Waals surface area contributed by atoms with Crippen LogP contribution in [-0.2, 0) is 11.2 Å². The van der Waals surface area contributed by atoms with Crippen LogP contribution in [0.3, 0.4) is 0 Å². The summed E-state index contributed by atoms with van der Waals surface area (Å²) in [6, 6.07) is 4.42. The standard InChI is InChI=1S/C9H7BrClNO3/c10-7-1-6(3-9(13)5-11)2-8(4-7)12(14)15/h1-2,4H,3,5H2. The van der Waals surface area contributed by atoms with Crippen LogP contribution < -0.4 is 0 Å². The molecule has 6 heteroatoms. The number of rotatable bonds is 4. The van der Waals surface area contributed by atoms with E-state index in [-0.39, 0.29) is 23.8 Å². The zero-order valence-corrected chi connectivity index (χ0v) is 9.92. The minimum atomic E-state index is -0.501. The van der Waals surface area contributed by atoms with Crippen LogP contribution in [0.15, 0.2) is 22.7 Å². The van der Waals surface area contributed by atoms with E-state index in [9.17, 15) is 14.9 Å². The van der Waals surface area contributed by atoms with Crippen molar-refractivity contribution in [2.45, 2.75) is 6.42 Å². The molecule has 4 nitrogen and oxygen atoms in total. The third-order valence-corrected chi connectivity index (χ3v) is 2.46. The first-order valence-electron chi connectivity index (χ1n) is 4.04. The van der Waals surface area contributed by atoms with Crippen molar-refractivity contribution in [1.29, 1.82) is 0 Å². The number of carbonyl (C=O) groups is 1. The van der Waals surface area contributed by atoms with E-state index >= 15 is 0 Å². The van der Waals surface area contributed by atoms with Crippen molar-refractivity contribution in [3.05, 3.63) is 38.3 Å². The van der Waals surface area contributed by atoms with Crippen molar-refractivity contribution in [1.82, 2.24) is 0 Å². The zero-order chi connectivity index (χ0) is 11.4. The Labute approximate surface area is 99.5 Å². The molecule has 0 unspecified atom stereocenters. The number of Topliss-reactive ketones (excluding diaryl/α,β-unsaturated/α-hetero) is 1. The maximum Gasteiger partial charge on any atom is 0.270 e. The molecule has 0 atom stereocenters. The van der Waals surface area contributed by atoms with Crippen LogP contribution in [0.2, 0.25) is 0 Å². The monoisotopic (exact) mass is 291 g/mol. The molecule has 0 saturated heterocycles. The molecule has 1 rings (SSSR count). The van der Waals surface area contributed by atoms with Gasteiger partial charge in [0.15, 0.2) is 5.78 Å². The molecule has 1 aromatic rings. The highest BCUT2D eigenvalue weighted by Gasteiger charge is 2.10. The van der Waals surface area contributed by atoms with Crippen LogP contribution in [0.1, 0.15) is 5.56 Å². The number of carbonyl (C=O) groups excluding carboxylic acids is 1. The molecule has 0 radical (unpaired) electrons. The van der Waals surface area contributed by atoms with Crippen LogP contribution in [0.4, 0.5) is 5.69 Å². The number of hydrogen-bond donors (Lipinski definition) is 0. The lowest BCUT2D eigenvalue weighted by atomic mass is 10.1. The van der Waals surface area contributed by atoms with Crippen molar-refractivity contribution < 1.29 is 9.72 Å². The highest BCUT2D eigenvalue weighted by Crippen LogP contribution is 2.21. The molecule has 0 bridgehead atoms. The lowest BCUT2D eigenvalue weighted by Crippen LogP contribution is -2.04. The summed E-state index contributed by atoms with van der Waals surface area (Å²) in [5, 5.41) is 10.5. The summed E-state index contributed by atoms with van der Waals surface area (Å²) in [4.78, 5) is 21.1. The molecule has 0 aliphatic heterocycles. The molecule has 0 amide bonds. The number of nitro benzene ring substituents is 1. The third-order valence-electron chi connectivity index (χ3n) is 1.70. The molecule has 1 aromatic carbocycles. The second-order valence-corrected chi connectivity index (χ2v) is 4.11. The SMILES string of the molecule is O=C(CCl)Cc1cc(Br)cc([N+](=O)[O-])c1. The van der Waals surface area contributed by atoms with Crippen LogP contribution in [0.5, 0.6) is 0 Å². The number of ketones is 1. The third kappa shape index (κ3) is 3.60. The van der Waals surface area contributed by atoms with Gasteiger partial charge in [-0.1, -0.05) is 15.9 Å². The van der Waals surface area contributed by atoms with Gasteiger partial charge in [-0.25, -0.2) is 0 Å². The van der Waals surface area contributed by atoms with E-state index in [1.807, 2.05) is 0 Å². The number of nitro groups is 1. The van der Waals surface area contributed by atoms with Gasteiger partial charge in [0.2, 0.25) is 0 Å². The van der Waals surface area contributed by atoms with Gasteiger partial charge in [0, 0.05) is 23.0 Å². The molecule has 0 heterocycles. The molecular formula is C9H7BrClNO3. The molecule has 0 aromatic heterocycles.